The highest BCUT2D eigenvalue weighted by atomic mass is 16.5. The maximum atomic E-state index is 11.8. The molecule has 0 spiro atoms. The molecule has 1 atom stereocenters. The molecule has 0 aliphatic carbocycles. The Balaban J connectivity index is 2.78. The lowest BCUT2D eigenvalue weighted by atomic mass is 10.1. The molecule has 17 heavy (non-hydrogen) atoms. The number of carbonyl (C=O) groups excluding carboxylic acids is 2. The summed E-state index contributed by atoms with van der Waals surface area (Å²) in [5.41, 5.74) is 0.976. The number of ketones is 1. The summed E-state index contributed by atoms with van der Waals surface area (Å²) in [7, 11) is 0. The number of benzene rings is 1. The summed E-state index contributed by atoms with van der Waals surface area (Å²) in [4.78, 5) is 23.3. The molecular formula is C14H16O3. The molecular weight excluding hydrogens is 216 g/mol. The van der Waals surface area contributed by atoms with Gasteiger partial charge in [0.1, 0.15) is 0 Å². The largest absolute Gasteiger partial charge is 0.446 e. The summed E-state index contributed by atoms with van der Waals surface area (Å²) in [5.74, 6) is -0.637. The number of ether oxygens (including phenoxy) is 1. The van der Waals surface area contributed by atoms with Gasteiger partial charge in [-0.1, -0.05) is 31.7 Å². The van der Waals surface area contributed by atoms with Crippen LogP contribution < -0.4 is 0 Å². The first-order valence-corrected chi connectivity index (χ1v) is 5.50. The molecule has 0 heterocycles. The zero-order valence-corrected chi connectivity index (χ0v) is 10.1. The van der Waals surface area contributed by atoms with E-state index in [-0.39, 0.29) is 5.78 Å². The van der Waals surface area contributed by atoms with Gasteiger partial charge in [-0.15, -0.1) is 0 Å². The molecule has 1 aromatic carbocycles. The maximum Gasteiger partial charge on any atom is 0.339 e. The minimum Gasteiger partial charge on any atom is -0.446 e. The first-order chi connectivity index (χ1) is 8.06. The third-order valence-corrected chi connectivity index (χ3v) is 2.32. The van der Waals surface area contributed by atoms with Crippen molar-refractivity contribution in [2.75, 3.05) is 0 Å². The van der Waals surface area contributed by atoms with Crippen molar-refractivity contribution in [3.8, 4) is 0 Å². The van der Waals surface area contributed by atoms with Crippen LogP contribution in [0.3, 0.4) is 0 Å². The Hall–Kier alpha value is -1.90. The molecule has 0 amide bonds. The van der Waals surface area contributed by atoms with E-state index in [2.05, 4.69) is 6.58 Å². The fourth-order valence-electron chi connectivity index (χ4n) is 1.38. The average Bonchev–Trinajstić information content (AvgIpc) is 2.35. The van der Waals surface area contributed by atoms with Crippen LogP contribution in [0.2, 0.25) is 0 Å². The molecule has 0 aliphatic heterocycles. The number of hydrogen-bond donors (Lipinski definition) is 0. The fraction of sp³-hybridized carbons (Fsp3) is 0.286. The number of rotatable bonds is 5. The van der Waals surface area contributed by atoms with Crippen molar-refractivity contribution in [1.82, 2.24) is 0 Å². The Labute approximate surface area is 101 Å². The van der Waals surface area contributed by atoms with Crippen molar-refractivity contribution in [2.45, 2.75) is 26.4 Å². The Morgan fingerprint density at radius 3 is 2.35 bits per heavy atom. The van der Waals surface area contributed by atoms with Crippen molar-refractivity contribution in [2.24, 2.45) is 0 Å². The van der Waals surface area contributed by atoms with E-state index in [1.807, 2.05) is 6.07 Å². The molecule has 0 fully saturated rings. The predicted octanol–water partition coefficient (Wildman–Crippen LogP) is 2.77. The van der Waals surface area contributed by atoms with Crippen molar-refractivity contribution in [3.05, 3.63) is 48.0 Å². The van der Waals surface area contributed by atoms with Crippen LogP contribution in [-0.2, 0) is 9.53 Å². The molecule has 0 N–H and O–H groups in total. The predicted molar refractivity (Wildman–Crippen MR) is 65.8 cm³/mol. The quantitative estimate of drug-likeness (QED) is 0.579. The van der Waals surface area contributed by atoms with Gasteiger partial charge in [0, 0.05) is 6.42 Å². The van der Waals surface area contributed by atoms with Crippen LogP contribution in [0.15, 0.2) is 42.5 Å². The van der Waals surface area contributed by atoms with E-state index in [9.17, 15) is 9.59 Å². The van der Waals surface area contributed by atoms with E-state index in [4.69, 9.17) is 4.74 Å². The van der Waals surface area contributed by atoms with Crippen LogP contribution in [-0.4, -0.2) is 17.9 Å². The summed E-state index contributed by atoms with van der Waals surface area (Å²) >= 11 is 0. The highest BCUT2D eigenvalue weighted by molar-refractivity contribution is 5.93. The van der Waals surface area contributed by atoms with Gasteiger partial charge in [0.25, 0.3) is 0 Å². The molecule has 0 bridgehead atoms. The van der Waals surface area contributed by atoms with Crippen molar-refractivity contribution < 1.29 is 14.3 Å². The zero-order chi connectivity index (χ0) is 12.8. The summed E-state index contributed by atoms with van der Waals surface area (Å²) in [5, 5.41) is 0. The Morgan fingerprint density at radius 1 is 1.29 bits per heavy atom. The minimum atomic E-state index is -0.840. The first-order valence-electron chi connectivity index (χ1n) is 5.50. The van der Waals surface area contributed by atoms with Gasteiger partial charge >= 0.3 is 5.97 Å². The smallest absolute Gasteiger partial charge is 0.339 e. The van der Waals surface area contributed by atoms with Gasteiger partial charge in [-0.2, -0.15) is 0 Å². The van der Waals surface area contributed by atoms with Gasteiger partial charge in [-0.05, 0) is 24.6 Å². The second kappa shape index (κ2) is 5.99. The molecule has 0 saturated carbocycles. The molecule has 0 radical (unpaired) electrons. The topological polar surface area (TPSA) is 43.4 Å². The minimum absolute atomic E-state index is 0.137. The summed E-state index contributed by atoms with van der Waals surface area (Å²) in [6, 6.07) is 8.59. The number of Topliss-reactive ketones (excluding diaryl/α,β-unsaturated/α-hetero) is 1. The molecule has 1 aromatic rings. The fourth-order valence-corrected chi connectivity index (χ4v) is 1.38. The molecule has 3 heteroatoms. The molecule has 0 saturated heterocycles. The summed E-state index contributed by atoms with van der Waals surface area (Å²) < 4.78 is 5.16. The van der Waals surface area contributed by atoms with E-state index in [1.165, 1.54) is 0 Å². The second-order valence-corrected chi connectivity index (χ2v) is 3.82. The Bertz CT molecular complexity index is 420. The molecule has 1 unspecified atom stereocenters. The maximum absolute atomic E-state index is 11.8. The summed E-state index contributed by atoms with van der Waals surface area (Å²) in [6.07, 6.45) is -0.521. The molecule has 3 nitrogen and oxygen atoms in total. The van der Waals surface area contributed by atoms with Gasteiger partial charge in [0.2, 0.25) is 0 Å². The molecule has 1 rings (SSSR count). The Kier molecular flexibility index (Phi) is 4.64. The van der Waals surface area contributed by atoms with Gasteiger partial charge in [0.05, 0.1) is 5.56 Å². The lowest BCUT2D eigenvalue weighted by Gasteiger charge is -2.16. The van der Waals surface area contributed by atoms with E-state index in [1.54, 1.807) is 38.1 Å². The third-order valence-electron chi connectivity index (χ3n) is 2.32. The van der Waals surface area contributed by atoms with Crippen molar-refractivity contribution in [1.29, 1.82) is 0 Å². The van der Waals surface area contributed by atoms with Crippen LogP contribution in [0.4, 0.5) is 0 Å². The van der Waals surface area contributed by atoms with Crippen LogP contribution in [0.25, 0.3) is 0 Å². The van der Waals surface area contributed by atoms with Gasteiger partial charge in [0.15, 0.2) is 11.9 Å². The highest BCUT2D eigenvalue weighted by Crippen LogP contribution is 2.11. The lowest BCUT2D eigenvalue weighted by molar-refractivity contribution is -0.125. The van der Waals surface area contributed by atoms with Crippen molar-refractivity contribution in [3.63, 3.8) is 0 Å². The monoisotopic (exact) mass is 232 g/mol. The van der Waals surface area contributed by atoms with E-state index in [0.29, 0.717) is 17.6 Å². The Morgan fingerprint density at radius 2 is 1.88 bits per heavy atom. The van der Waals surface area contributed by atoms with Crippen molar-refractivity contribution >= 4 is 11.8 Å². The third kappa shape index (κ3) is 3.55. The van der Waals surface area contributed by atoms with Gasteiger partial charge < -0.3 is 4.74 Å². The first kappa shape index (κ1) is 13.2. The summed E-state index contributed by atoms with van der Waals surface area (Å²) in [6.45, 7) is 7.08. The standard InChI is InChI=1S/C14H16O3/c1-4-12(15)13(10(2)3)17-14(16)11-8-6-5-7-9-11/h5-9,13H,2,4H2,1,3H3. The van der Waals surface area contributed by atoms with Crippen LogP contribution in [0, 0.1) is 0 Å². The second-order valence-electron chi connectivity index (χ2n) is 3.82. The lowest BCUT2D eigenvalue weighted by Crippen LogP contribution is -2.27. The van der Waals surface area contributed by atoms with Crippen LogP contribution in [0.5, 0.6) is 0 Å². The van der Waals surface area contributed by atoms with E-state index >= 15 is 0 Å². The van der Waals surface area contributed by atoms with E-state index in [0.717, 1.165) is 0 Å². The average molecular weight is 232 g/mol. The van der Waals surface area contributed by atoms with Gasteiger partial charge in [-0.25, -0.2) is 4.79 Å². The normalized spacial score (nSPS) is 11.6. The van der Waals surface area contributed by atoms with E-state index < -0.39 is 12.1 Å². The molecule has 90 valence electrons. The number of esters is 1. The van der Waals surface area contributed by atoms with Gasteiger partial charge in [-0.3, -0.25) is 4.79 Å². The zero-order valence-electron chi connectivity index (χ0n) is 10.1. The van der Waals surface area contributed by atoms with Crippen LogP contribution >= 0.6 is 0 Å². The number of carbonyl (C=O) groups is 2. The SMILES string of the molecule is C=C(C)C(OC(=O)c1ccccc1)C(=O)CC. The number of hydrogen-bond acceptors (Lipinski definition) is 3. The van der Waals surface area contributed by atoms with Crippen LogP contribution in [0.1, 0.15) is 30.6 Å². The molecule has 0 aromatic heterocycles. The molecule has 0 aliphatic rings. The highest BCUT2D eigenvalue weighted by Gasteiger charge is 2.22.